The number of hydrogen-bond acceptors (Lipinski definition) is 8. The molecule has 1 aliphatic rings. The molecule has 0 saturated carbocycles. The van der Waals surface area contributed by atoms with E-state index in [0.717, 1.165) is 53.8 Å². The predicted octanol–water partition coefficient (Wildman–Crippen LogP) is 3.66. The summed E-state index contributed by atoms with van der Waals surface area (Å²) in [6.07, 6.45) is 1.67. The monoisotopic (exact) mass is 440 g/mol. The summed E-state index contributed by atoms with van der Waals surface area (Å²) in [4.78, 5) is 14.8. The van der Waals surface area contributed by atoms with E-state index in [1.54, 1.807) is 22.3 Å². The molecule has 1 aliphatic heterocycles. The Bertz CT molecular complexity index is 1340. The zero-order chi connectivity index (χ0) is 21.3. The summed E-state index contributed by atoms with van der Waals surface area (Å²) in [5.41, 5.74) is 3.34. The molecule has 32 heavy (non-hydrogen) atoms. The highest BCUT2D eigenvalue weighted by atomic mass is 32.1. The molecule has 2 aromatic carbocycles. The van der Waals surface area contributed by atoms with E-state index in [0.29, 0.717) is 0 Å². The van der Waals surface area contributed by atoms with Crippen molar-refractivity contribution >= 4 is 33.3 Å². The lowest BCUT2D eigenvalue weighted by Crippen LogP contribution is -2.47. The second kappa shape index (κ2) is 8.01. The van der Waals surface area contributed by atoms with Gasteiger partial charge in [0.25, 0.3) is 0 Å². The number of anilines is 2. The number of para-hydroxylation sites is 1. The van der Waals surface area contributed by atoms with Crippen molar-refractivity contribution in [1.82, 2.24) is 30.2 Å². The SMILES string of the molecule is c1ccc(-c2csc3ncnc(N4CCN(c5nnnn5-c5ccccc5)CC4)c23)cc1. The van der Waals surface area contributed by atoms with Crippen molar-refractivity contribution < 1.29 is 0 Å². The Labute approximate surface area is 188 Å². The highest BCUT2D eigenvalue weighted by Gasteiger charge is 2.25. The molecule has 0 radical (unpaired) electrons. The summed E-state index contributed by atoms with van der Waals surface area (Å²) in [6, 6.07) is 20.4. The van der Waals surface area contributed by atoms with Crippen LogP contribution in [0, 0.1) is 0 Å². The number of benzene rings is 2. The summed E-state index contributed by atoms with van der Waals surface area (Å²) in [7, 11) is 0. The Morgan fingerprint density at radius 3 is 2.28 bits per heavy atom. The van der Waals surface area contributed by atoms with Gasteiger partial charge >= 0.3 is 0 Å². The van der Waals surface area contributed by atoms with Gasteiger partial charge in [0.1, 0.15) is 17.0 Å². The van der Waals surface area contributed by atoms with Crippen molar-refractivity contribution in [2.24, 2.45) is 0 Å². The molecular weight excluding hydrogens is 420 g/mol. The zero-order valence-electron chi connectivity index (χ0n) is 17.2. The van der Waals surface area contributed by atoms with Crippen LogP contribution in [0.2, 0.25) is 0 Å². The first kappa shape index (κ1) is 18.9. The van der Waals surface area contributed by atoms with Crippen LogP contribution in [0.3, 0.4) is 0 Å². The maximum Gasteiger partial charge on any atom is 0.250 e. The lowest BCUT2D eigenvalue weighted by molar-refractivity contribution is 0.628. The normalized spacial score (nSPS) is 14.2. The zero-order valence-corrected chi connectivity index (χ0v) is 18.1. The number of tetrazole rings is 1. The van der Waals surface area contributed by atoms with Crippen LogP contribution in [-0.2, 0) is 0 Å². The minimum Gasteiger partial charge on any atom is -0.352 e. The van der Waals surface area contributed by atoms with Gasteiger partial charge in [-0.05, 0) is 28.1 Å². The summed E-state index contributed by atoms with van der Waals surface area (Å²) in [6.45, 7) is 3.28. The number of thiophene rings is 1. The fraction of sp³-hybridized carbons (Fsp3) is 0.174. The molecule has 0 atom stereocenters. The number of fused-ring (bicyclic) bond motifs is 1. The second-order valence-electron chi connectivity index (χ2n) is 7.59. The molecule has 0 N–H and O–H groups in total. The largest absolute Gasteiger partial charge is 0.352 e. The first-order chi connectivity index (χ1) is 15.9. The Morgan fingerprint density at radius 2 is 1.50 bits per heavy atom. The number of aromatic nitrogens is 6. The van der Waals surface area contributed by atoms with Gasteiger partial charge in [-0.3, -0.25) is 0 Å². The Kier molecular flexibility index (Phi) is 4.73. The Morgan fingerprint density at radius 1 is 0.781 bits per heavy atom. The van der Waals surface area contributed by atoms with Crippen LogP contribution >= 0.6 is 11.3 Å². The van der Waals surface area contributed by atoms with E-state index in [2.05, 4.69) is 60.0 Å². The summed E-state index contributed by atoms with van der Waals surface area (Å²) in [5.74, 6) is 1.77. The van der Waals surface area contributed by atoms with Crippen molar-refractivity contribution in [3.8, 4) is 16.8 Å². The van der Waals surface area contributed by atoms with E-state index in [4.69, 9.17) is 4.98 Å². The van der Waals surface area contributed by atoms with E-state index in [-0.39, 0.29) is 0 Å². The topological polar surface area (TPSA) is 75.9 Å². The molecule has 6 rings (SSSR count). The van der Waals surface area contributed by atoms with Crippen LogP contribution in [0.5, 0.6) is 0 Å². The third-order valence-electron chi connectivity index (χ3n) is 5.75. The van der Waals surface area contributed by atoms with E-state index < -0.39 is 0 Å². The van der Waals surface area contributed by atoms with Gasteiger partial charge in [-0.1, -0.05) is 53.6 Å². The Hall–Kier alpha value is -3.85. The first-order valence-electron chi connectivity index (χ1n) is 10.5. The molecule has 0 bridgehead atoms. The van der Waals surface area contributed by atoms with Crippen molar-refractivity contribution in [2.75, 3.05) is 36.0 Å². The molecule has 1 fully saturated rings. The molecular formula is C23H20N8S. The van der Waals surface area contributed by atoms with Gasteiger partial charge in [0, 0.05) is 37.1 Å². The molecule has 0 aliphatic carbocycles. The quantitative estimate of drug-likeness (QED) is 0.422. The van der Waals surface area contributed by atoms with Crippen LogP contribution in [0.1, 0.15) is 0 Å². The van der Waals surface area contributed by atoms with Gasteiger partial charge in [0.05, 0.1) is 11.1 Å². The second-order valence-corrected chi connectivity index (χ2v) is 8.45. The number of piperazine rings is 1. The molecule has 0 amide bonds. The molecule has 0 spiro atoms. The van der Waals surface area contributed by atoms with Crippen LogP contribution in [-0.4, -0.2) is 56.4 Å². The lowest BCUT2D eigenvalue weighted by Gasteiger charge is -2.35. The molecule has 158 valence electrons. The van der Waals surface area contributed by atoms with Crippen LogP contribution in [0.4, 0.5) is 11.8 Å². The van der Waals surface area contributed by atoms with E-state index >= 15 is 0 Å². The van der Waals surface area contributed by atoms with Crippen molar-refractivity contribution in [3.63, 3.8) is 0 Å². The van der Waals surface area contributed by atoms with E-state index in [1.807, 2.05) is 36.4 Å². The third kappa shape index (κ3) is 3.27. The van der Waals surface area contributed by atoms with Gasteiger partial charge in [-0.25, -0.2) is 9.97 Å². The standard InChI is InChI=1S/C23H20N8S/c1-3-7-17(8-4-1)19-15-32-22-20(19)21(24-16-25-22)29-11-13-30(14-12-29)23-26-27-28-31(23)18-9-5-2-6-10-18/h1-10,15-16H,11-14H2. The molecule has 5 aromatic rings. The minimum atomic E-state index is 0.768. The first-order valence-corrected chi connectivity index (χ1v) is 11.4. The molecule has 9 heteroatoms. The van der Waals surface area contributed by atoms with Crippen molar-refractivity contribution in [2.45, 2.75) is 0 Å². The molecule has 0 unspecified atom stereocenters. The maximum absolute atomic E-state index is 4.70. The highest BCUT2D eigenvalue weighted by molar-refractivity contribution is 7.17. The van der Waals surface area contributed by atoms with E-state index in [9.17, 15) is 0 Å². The number of rotatable bonds is 4. The fourth-order valence-electron chi connectivity index (χ4n) is 4.16. The van der Waals surface area contributed by atoms with Gasteiger partial charge in [0.2, 0.25) is 5.95 Å². The molecule has 4 heterocycles. The van der Waals surface area contributed by atoms with Crippen LogP contribution < -0.4 is 9.80 Å². The highest BCUT2D eigenvalue weighted by Crippen LogP contribution is 2.38. The molecule has 3 aromatic heterocycles. The summed E-state index contributed by atoms with van der Waals surface area (Å²) < 4.78 is 1.80. The number of hydrogen-bond donors (Lipinski definition) is 0. The van der Waals surface area contributed by atoms with Gasteiger partial charge in [-0.2, -0.15) is 4.68 Å². The third-order valence-corrected chi connectivity index (χ3v) is 6.64. The lowest BCUT2D eigenvalue weighted by atomic mass is 10.1. The summed E-state index contributed by atoms with van der Waals surface area (Å²) in [5, 5.41) is 15.7. The average molecular weight is 441 g/mol. The Balaban J connectivity index is 1.28. The van der Waals surface area contributed by atoms with Crippen molar-refractivity contribution in [1.29, 1.82) is 0 Å². The van der Waals surface area contributed by atoms with E-state index in [1.165, 1.54) is 11.1 Å². The number of nitrogens with zero attached hydrogens (tertiary/aromatic N) is 8. The van der Waals surface area contributed by atoms with Gasteiger partial charge in [-0.15, -0.1) is 11.3 Å². The smallest absolute Gasteiger partial charge is 0.250 e. The molecule has 8 nitrogen and oxygen atoms in total. The predicted molar refractivity (Wildman–Crippen MR) is 126 cm³/mol. The maximum atomic E-state index is 4.70. The fourth-order valence-corrected chi connectivity index (χ4v) is 5.07. The van der Waals surface area contributed by atoms with Gasteiger partial charge < -0.3 is 9.80 Å². The minimum absolute atomic E-state index is 0.768. The van der Waals surface area contributed by atoms with Crippen LogP contribution in [0.15, 0.2) is 72.4 Å². The van der Waals surface area contributed by atoms with Crippen LogP contribution in [0.25, 0.3) is 27.0 Å². The average Bonchev–Trinajstić information content (AvgIpc) is 3.53. The summed E-state index contributed by atoms with van der Waals surface area (Å²) >= 11 is 1.67. The van der Waals surface area contributed by atoms with Gasteiger partial charge in [0.15, 0.2) is 0 Å². The molecule has 1 saturated heterocycles. The van der Waals surface area contributed by atoms with Crippen molar-refractivity contribution in [3.05, 3.63) is 72.4 Å².